The van der Waals surface area contributed by atoms with Crippen molar-refractivity contribution >= 4 is 0 Å². The van der Waals surface area contributed by atoms with Gasteiger partial charge in [-0.1, -0.05) is 12.1 Å². The zero-order valence-electron chi connectivity index (χ0n) is 11.3. The lowest BCUT2D eigenvalue weighted by atomic mass is 10.2. The van der Waals surface area contributed by atoms with Crippen LogP contribution in [0.1, 0.15) is 5.56 Å². The second-order valence-corrected chi connectivity index (χ2v) is 4.22. The average Bonchev–Trinajstić information content (AvgIpc) is 2.36. The molecule has 0 aliphatic carbocycles. The van der Waals surface area contributed by atoms with E-state index in [-0.39, 0.29) is 6.61 Å². The SMILES string of the molecule is COCCN(CCO)CCOc1cccc(C)c1. The molecule has 0 fully saturated rings. The summed E-state index contributed by atoms with van der Waals surface area (Å²) in [5.41, 5.74) is 1.19. The fourth-order valence-electron chi connectivity index (χ4n) is 1.69. The summed E-state index contributed by atoms with van der Waals surface area (Å²) in [7, 11) is 1.68. The summed E-state index contributed by atoms with van der Waals surface area (Å²) in [5, 5.41) is 8.97. The molecule has 0 heterocycles. The maximum absolute atomic E-state index is 8.97. The Morgan fingerprint density at radius 3 is 2.61 bits per heavy atom. The number of aliphatic hydroxyl groups excluding tert-OH is 1. The Hall–Kier alpha value is -1.10. The molecule has 18 heavy (non-hydrogen) atoms. The van der Waals surface area contributed by atoms with E-state index in [0.717, 1.165) is 18.8 Å². The monoisotopic (exact) mass is 253 g/mol. The van der Waals surface area contributed by atoms with Gasteiger partial charge in [-0.05, 0) is 24.6 Å². The third-order valence-electron chi connectivity index (χ3n) is 2.69. The van der Waals surface area contributed by atoms with Crippen molar-refractivity contribution in [2.45, 2.75) is 6.92 Å². The van der Waals surface area contributed by atoms with Crippen molar-refractivity contribution in [2.75, 3.05) is 46.6 Å². The first-order valence-corrected chi connectivity index (χ1v) is 6.28. The molecule has 1 aromatic rings. The van der Waals surface area contributed by atoms with Crippen molar-refractivity contribution in [2.24, 2.45) is 0 Å². The van der Waals surface area contributed by atoms with Gasteiger partial charge in [0, 0.05) is 26.7 Å². The zero-order chi connectivity index (χ0) is 13.2. The molecule has 0 saturated heterocycles. The van der Waals surface area contributed by atoms with Crippen molar-refractivity contribution in [1.29, 1.82) is 0 Å². The number of hydrogen-bond donors (Lipinski definition) is 1. The maximum Gasteiger partial charge on any atom is 0.119 e. The number of ether oxygens (including phenoxy) is 2. The van der Waals surface area contributed by atoms with Crippen LogP contribution in [0.25, 0.3) is 0 Å². The number of aryl methyl sites for hydroxylation is 1. The first-order chi connectivity index (χ1) is 8.76. The number of methoxy groups -OCH3 is 1. The summed E-state index contributed by atoms with van der Waals surface area (Å²) in [4.78, 5) is 2.12. The fourth-order valence-corrected chi connectivity index (χ4v) is 1.69. The molecule has 0 bridgehead atoms. The maximum atomic E-state index is 8.97. The molecule has 0 aromatic heterocycles. The van der Waals surface area contributed by atoms with Gasteiger partial charge in [0.2, 0.25) is 0 Å². The first kappa shape index (κ1) is 15.0. The predicted octanol–water partition coefficient (Wildman–Crippen LogP) is 1.31. The van der Waals surface area contributed by atoms with E-state index in [0.29, 0.717) is 19.8 Å². The first-order valence-electron chi connectivity index (χ1n) is 6.28. The molecule has 0 spiro atoms. The van der Waals surface area contributed by atoms with Gasteiger partial charge in [-0.15, -0.1) is 0 Å². The second kappa shape index (κ2) is 8.91. The Labute approximate surface area is 109 Å². The summed E-state index contributed by atoms with van der Waals surface area (Å²) in [5.74, 6) is 0.894. The standard InChI is InChI=1S/C14H23NO3/c1-13-4-3-5-14(12-13)18-11-8-15(6-9-16)7-10-17-2/h3-5,12,16H,6-11H2,1-2H3. The zero-order valence-corrected chi connectivity index (χ0v) is 11.3. The Morgan fingerprint density at radius 2 is 1.94 bits per heavy atom. The third kappa shape index (κ3) is 6.00. The summed E-state index contributed by atoms with van der Waals surface area (Å²) < 4.78 is 10.7. The predicted molar refractivity (Wildman–Crippen MR) is 72.1 cm³/mol. The molecule has 1 N–H and O–H groups in total. The molecule has 0 amide bonds. The molecule has 1 rings (SSSR count). The number of benzene rings is 1. The van der Waals surface area contributed by atoms with Gasteiger partial charge < -0.3 is 14.6 Å². The van der Waals surface area contributed by atoms with Gasteiger partial charge in [-0.2, -0.15) is 0 Å². The summed E-state index contributed by atoms with van der Waals surface area (Å²) in [6.07, 6.45) is 0. The van der Waals surface area contributed by atoms with E-state index in [2.05, 4.69) is 4.90 Å². The highest BCUT2D eigenvalue weighted by atomic mass is 16.5. The van der Waals surface area contributed by atoms with Gasteiger partial charge in [0.05, 0.1) is 13.2 Å². The summed E-state index contributed by atoms with van der Waals surface area (Å²) >= 11 is 0. The Bertz CT molecular complexity index is 331. The largest absolute Gasteiger partial charge is 0.492 e. The smallest absolute Gasteiger partial charge is 0.119 e. The van der Waals surface area contributed by atoms with Crippen molar-refractivity contribution in [3.8, 4) is 5.75 Å². The number of nitrogens with zero attached hydrogens (tertiary/aromatic N) is 1. The van der Waals surface area contributed by atoms with Crippen molar-refractivity contribution in [1.82, 2.24) is 4.90 Å². The Morgan fingerprint density at radius 1 is 1.17 bits per heavy atom. The topological polar surface area (TPSA) is 41.9 Å². The molecular formula is C14H23NO3. The van der Waals surface area contributed by atoms with Crippen LogP contribution in [0.4, 0.5) is 0 Å². The highest BCUT2D eigenvalue weighted by molar-refractivity contribution is 5.27. The fraction of sp³-hybridized carbons (Fsp3) is 0.571. The van der Waals surface area contributed by atoms with Crippen LogP contribution in [0.2, 0.25) is 0 Å². The van der Waals surface area contributed by atoms with Gasteiger partial charge in [-0.25, -0.2) is 0 Å². The lowest BCUT2D eigenvalue weighted by Gasteiger charge is -2.20. The van der Waals surface area contributed by atoms with Crippen molar-refractivity contribution in [3.63, 3.8) is 0 Å². The molecule has 0 atom stereocenters. The molecule has 0 aliphatic rings. The minimum Gasteiger partial charge on any atom is -0.492 e. The van der Waals surface area contributed by atoms with Crippen LogP contribution in [0, 0.1) is 6.92 Å². The van der Waals surface area contributed by atoms with E-state index in [1.807, 2.05) is 31.2 Å². The van der Waals surface area contributed by atoms with E-state index in [4.69, 9.17) is 14.6 Å². The van der Waals surface area contributed by atoms with Gasteiger partial charge in [-0.3, -0.25) is 4.90 Å². The van der Waals surface area contributed by atoms with Gasteiger partial charge in [0.25, 0.3) is 0 Å². The molecule has 0 unspecified atom stereocenters. The molecule has 0 aliphatic heterocycles. The molecule has 4 nitrogen and oxygen atoms in total. The van der Waals surface area contributed by atoms with E-state index in [9.17, 15) is 0 Å². The van der Waals surface area contributed by atoms with Crippen LogP contribution in [0.3, 0.4) is 0 Å². The van der Waals surface area contributed by atoms with Crippen LogP contribution in [-0.2, 0) is 4.74 Å². The lowest BCUT2D eigenvalue weighted by molar-refractivity contribution is 0.118. The molecule has 0 saturated carbocycles. The Kier molecular flexibility index (Phi) is 7.41. The minimum absolute atomic E-state index is 0.161. The second-order valence-electron chi connectivity index (χ2n) is 4.22. The van der Waals surface area contributed by atoms with Crippen LogP contribution < -0.4 is 4.74 Å². The van der Waals surface area contributed by atoms with E-state index >= 15 is 0 Å². The quantitative estimate of drug-likeness (QED) is 0.720. The third-order valence-corrected chi connectivity index (χ3v) is 2.69. The van der Waals surface area contributed by atoms with Gasteiger partial charge >= 0.3 is 0 Å². The van der Waals surface area contributed by atoms with Crippen LogP contribution >= 0.6 is 0 Å². The average molecular weight is 253 g/mol. The highest BCUT2D eigenvalue weighted by Gasteiger charge is 2.04. The number of rotatable bonds is 9. The van der Waals surface area contributed by atoms with Gasteiger partial charge in [0.15, 0.2) is 0 Å². The molecular weight excluding hydrogens is 230 g/mol. The number of aliphatic hydroxyl groups is 1. The van der Waals surface area contributed by atoms with E-state index < -0.39 is 0 Å². The lowest BCUT2D eigenvalue weighted by Crippen LogP contribution is -2.33. The van der Waals surface area contributed by atoms with E-state index in [1.165, 1.54) is 5.56 Å². The number of hydrogen-bond acceptors (Lipinski definition) is 4. The molecule has 4 heteroatoms. The normalized spacial score (nSPS) is 10.9. The molecule has 1 aromatic carbocycles. The van der Waals surface area contributed by atoms with Crippen molar-refractivity contribution < 1.29 is 14.6 Å². The highest BCUT2D eigenvalue weighted by Crippen LogP contribution is 2.12. The van der Waals surface area contributed by atoms with Crippen molar-refractivity contribution in [3.05, 3.63) is 29.8 Å². The summed E-state index contributed by atoms with van der Waals surface area (Å²) in [6.45, 7) is 5.75. The Balaban J connectivity index is 2.29. The van der Waals surface area contributed by atoms with Crippen LogP contribution in [0.15, 0.2) is 24.3 Å². The molecule has 0 radical (unpaired) electrons. The minimum atomic E-state index is 0.161. The summed E-state index contributed by atoms with van der Waals surface area (Å²) in [6, 6.07) is 8.01. The van der Waals surface area contributed by atoms with E-state index in [1.54, 1.807) is 7.11 Å². The van der Waals surface area contributed by atoms with Gasteiger partial charge in [0.1, 0.15) is 12.4 Å². The molecule has 102 valence electrons. The van der Waals surface area contributed by atoms with Crippen LogP contribution in [-0.4, -0.2) is 56.6 Å². The van der Waals surface area contributed by atoms with Crippen LogP contribution in [0.5, 0.6) is 5.75 Å².